The Labute approximate surface area is 100 Å². The van der Waals surface area contributed by atoms with E-state index >= 15 is 0 Å². The van der Waals surface area contributed by atoms with Crippen LogP contribution in [0.5, 0.6) is 0 Å². The molecule has 0 aliphatic heterocycles. The molecule has 2 rings (SSSR count). The molecule has 1 heterocycles. The second-order valence-electron chi connectivity index (χ2n) is 3.71. The SMILES string of the molecule is N=C(N)c1ccc(NCc2cccnc2)cc1. The first-order valence-electron chi connectivity index (χ1n) is 5.33. The lowest BCUT2D eigenvalue weighted by Gasteiger charge is -2.06. The fourth-order valence-corrected chi connectivity index (χ4v) is 1.47. The van der Waals surface area contributed by atoms with E-state index in [1.807, 2.05) is 42.6 Å². The lowest BCUT2D eigenvalue weighted by atomic mass is 10.2. The normalized spacial score (nSPS) is 9.88. The highest BCUT2D eigenvalue weighted by Crippen LogP contribution is 2.10. The topological polar surface area (TPSA) is 74.8 Å². The number of nitrogens with two attached hydrogens (primary N) is 1. The number of aromatic nitrogens is 1. The van der Waals surface area contributed by atoms with Crippen molar-refractivity contribution in [2.24, 2.45) is 5.73 Å². The number of nitrogen functional groups attached to an aromatic ring is 1. The zero-order chi connectivity index (χ0) is 12.1. The van der Waals surface area contributed by atoms with E-state index in [4.69, 9.17) is 11.1 Å². The maximum atomic E-state index is 7.29. The van der Waals surface area contributed by atoms with Crippen LogP contribution in [-0.4, -0.2) is 10.8 Å². The van der Waals surface area contributed by atoms with Gasteiger partial charge in [-0.3, -0.25) is 10.4 Å². The average molecular weight is 226 g/mol. The molecular formula is C13H14N4. The van der Waals surface area contributed by atoms with Crippen molar-refractivity contribution in [1.29, 1.82) is 5.41 Å². The number of nitrogens with zero attached hydrogens (tertiary/aromatic N) is 1. The zero-order valence-electron chi connectivity index (χ0n) is 9.35. The predicted octanol–water partition coefficient (Wildman–Crippen LogP) is 1.98. The summed E-state index contributed by atoms with van der Waals surface area (Å²) in [5.74, 6) is 0.0869. The predicted molar refractivity (Wildman–Crippen MR) is 69.0 cm³/mol. The van der Waals surface area contributed by atoms with E-state index in [9.17, 15) is 0 Å². The molecule has 4 heteroatoms. The lowest BCUT2D eigenvalue weighted by Crippen LogP contribution is -2.10. The number of nitrogens with one attached hydrogen (secondary N) is 2. The first-order valence-corrected chi connectivity index (χ1v) is 5.33. The summed E-state index contributed by atoms with van der Waals surface area (Å²) in [4.78, 5) is 4.05. The van der Waals surface area contributed by atoms with Gasteiger partial charge in [0.05, 0.1) is 0 Å². The van der Waals surface area contributed by atoms with E-state index < -0.39 is 0 Å². The van der Waals surface area contributed by atoms with Crippen LogP contribution in [0.3, 0.4) is 0 Å². The second kappa shape index (κ2) is 5.12. The minimum absolute atomic E-state index is 0.0869. The molecule has 0 unspecified atom stereocenters. The first-order chi connectivity index (χ1) is 8.25. The number of amidine groups is 1. The molecule has 0 aliphatic rings. The highest BCUT2D eigenvalue weighted by molar-refractivity contribution is 5.95. The van der Waals surface area contributed by atoms with Gasteiger partial charge in [0.15, 0.2) is 0 Å². The van der Waals surface area contributed by atoms with Crippen molar-refractivity contribution in [3.8, 4) is 0 Å². The minimum Gasteiger partial charge on any atom is -0.384 e. The second-order valence-corrected chi connectivity index (χ2v) is 3.71. The third-order valence-corrected chi connectivity index (χ3v) is 2.42. The Hall–Kier alpha value is -2.36. The molecule has 0 saturated heterocycles. The van der Waals surface area contributed by atoms with Crippen molar-refractivity contribution in [3.05, 3.63) is 59.9 Å². The van der Waals surface area contributed by atoms with Gasteiger partial charge in [-0.05, 0) is 35.9 Å². The molecule has 0 fully saturated rings. The van der Waals surface area contributed by atoms with Crippen molar-refractivity contribution in [1.82, 2.24) is 4.98 Å². The Morgan fingerprint density at radius 3 is 2.59 bits per heavy atom. The van der Waals surface area contributed by atoms with Crippen LogP contribution in [0.25, 0.3) is 0 Å². The monoisotopic (exact) mass is 226 g/mol. The van der Waals surface area contributed by atoms with Crippen LogP contribution in [0, 0.1) is 5.41 Å². The summed E-state index contributed by atoms with van der Waals surface area (Å²) in [7, 11) is 0. The van der Waals surface area contributed by atoms with Gasteiger partial charge in [0.2, 0.25) is 0 Å². The molecule has 1 aromatic carbocycles. The Balaban J connectivity index is 1.98. The van der Waals surface area contributed by atoms with Gasteiger partial charge in [-0.2, -0.15) is 0 Å². The molecular weight excluding hydrogens is 212 g/mol. The van der Waals surface area contributed by atoms with E-state index in [-0.39, 0.29) is 5.84 Å². The summed E-state index contributed by atoms with van der Waals surface area (Å²) in [6, 6.07) is 11.4. The average Bonchev–Trinajstić information content (AvgIpc) is 2.38. The molecule has 1 aromatic heterocycles. The van der Waals surface area contributed by atoms with E-state index in [2.05, 4.69) is 10.3 Å². The molecule has 0 atom stereocenters. The maximum absolute atomic E-state index is 7.29. The third-order valence-electron chi connectivity index (χ3n) is 2.42. The van der Waals surface area contributed by atoms with Crippen molar-refractivity contribution < 1.29 is 0 Å². The van der Waals surface area contributed by atoms with Crippen LogP contribution in [0.2, 0.25) is 0 Å². The summed E-state index contributed by atoms with van der Waals surface area (Å²) < 4.78 is 0. The zero-order valence-corrected chi connectivity index (χ0v) is 9.35. The number of hydrogen-bond acceptors (Lipinski definition) is 3. The third kappa shape index (κ3) is 3.04. The summed E-state index contributed by atoms with van der Waals surface area (Å²) >= 11 is 0. The highest BCUT2D eigenvalue weighted by atomic mass is 14.9. The van der Waals surface area contributed by atoms with Crippen molar-refractivity contribution >= 4 is 11.5 Å². The lowest BCUT2D eigenvalue weighted by molar-refractivity contribution is 1.11. The quantitative estimate of drug-likeness (QED) is 0.551. The molecule has 2 aromatic rings. The first kappa shape index (κ1) is 11.1. The van der Waals surface area contributed by atoms with E-state index in [0.29, 0.717) is 0 Å². The van der Waals surface area contributed by atoms with E-state index in [1.165, 1.54) is 0 Å². The summed E-state index contributed by atoms with van der Waals surface area (Å²) in [5, 5.41) is 10.6. The molecule has 17 heavy (non-hydrogen) atoms. The number of benzene rings is 1. The molecule has 0 radical (unpaired) electrons. The number of pyridine rings is 1. The molecule has 0 saturated carbocycles. The molecule has 0 spiro atoms. The smallest absolute Gasteiger partial charge is 0.122 e. The number of rotatable bonds is 4. The Kier molecular flexibility index (Phi) is 3.35. The fourth-order valence-electron chi connectivity index (χ4n) is 1.47. The number of anilines is 1. The Morgan fingerprint density at radius 1 is 1.24 bits per heavy atom. The van der Waals surface area contributed by atoms with Crippen LogP contribution in [0.1, 0.15) is 11.1 Å². The largest absolute Gasteiger partial charge is 0.384 e. The summed E-state index contributed by atoms with van der Waals surface area (Å²) in [5.41, 5.74) is 8.24. The highest BCUT2D eigenvalue weighted by Gasteiger charge is 1.97. The standard InChI is InChI=1S/C13H14N4/c14-13(15)11-3-5-12(6-4-11)17-9-10-2-1-7-16-8-10/h1-8,17H,9H2,(H3,14,15). The van der Waals surface area contributed by atoms with Crippen LogP contribution < -0.4 is 11.1 Å². The van der Waals surface area contributed by atoms with Crippen molar-refractivity contribution in [2.45, 2.75) is 6.54 Å². The summed E-state index contributed by atoms with van der Waals surface area (Å²) in [6.07, 6.45) is 3.59. The van der Waals surface area contributed by atoms with Gasteiger partial charge < -0.3 is 11.1 Å². The van der Waals surface area contributed by atoms with Gasteiger partial charge in [0, 0.05) is 30.2 Å². The number of hydrogen-bond donors (Lipinski definition) is 3. The van der Waals surface area contributed by atoms with Gasteiger partial charge in [-0.15, -0.1) is 0 Å². The van der Waals surface area contributed by atoms with E-state index in [0.717, 1.165) is 23.4 Å². The minimum atomic E-state index is 0.0869. The van der Waals surface area contributed by atoms with Crippen molar-refractivity contribution in [3.63, 3.8) is 0 Å². The van der Waals surface area contributed by atoms with Crippen LogP contribution in [0.4, 0.5) is 5.69 Å². The Bertz CT molecular complexity index is 491. The molecule has 0 aliphatic carbocycles. The maximum Gasteiger partial charge on any atom is 0.122 e. The van der Waals surface area contributed by atoms with Gasteiger partial charge in [0.25, 0.3) is 0 Å². The van der Waals surface area contributed by atoms with Crippen molar-refractivity contribution in [2.75, 3.05) is 5.32 Å². The van der Waals surface area contributed by atoms with Gasteiger partial charge in [-0.1, -0.05) is 6.07 Å². The molecule has 0 bridgehead atoms. The summed E-state index contributed by atoms with van der Waals surface area (Å²) in [6.45, 7) is 0.729. The van der Waals surface area contributed by atoms with Gasteiger partial charge in [0.1, 0.15) is 5.84 Å². The van der Waals surface area contributed by atoms with Gasteiger partial charge >= 0.3 is 0 Å². The molecule has 0 amide bonds. The molecule has 4 N–H and O–H groups in total. The van der Waals surface area contributed by atoms with Crippen LogP contribution in [0.15, 0.2) is 48.8 Å². The Morgan fingerprint density at radius 2 is 2.00 bits per heavy atom. The van der Waals surface area contributed by atoms with Crippen LogP contribution in [-0.2, 0) is 6.54 Å². The fraction of sp³-hybridized carbons (Fsp3) is 0.0769. The van der Waals surface area contributed by atoms with E-state index in [1.54, 1.807) is 6.20 Å². The molecule has 86 valence electrons. The van der Waals surface area contributed by atoms with Gasteiger partial charge in [-0.25, -0.2) is 0 Å². The van der Waals surface area contributed by atoms with Crippen LogP contribution >= 0.6 is 0 Å². The molecule has 4 nitrogen and oxygen atoms in total.